The molecule has 1 aromatic rings. The second-order valence-electron chi connectivity index (χ2n) is 4.08. The number of nitriles is 1. The summed E-state index contributed by atoms with van der Waals surface area (Å²) in [6.07, 6.45) is 0. The van der Waals surface area contributed by atoms with Crippen LogP contribution >= 0.6 is 11.8 Å². The first-order valence-corrected chi connectivity index (χ1v) is 6.31. The first-order valence-electron chi connectivity index (χ1n) is 5.43. The van der Waals surface area contributed by atoms with E-state index in [1.165, 1.54) is 4.90 Å². The van der Waals surface area contributed by atoms with Crippen molar-refractivity contribution in [3.63, 3.8) is 0 Å². The van der Waals surface area contributed by atoms with E-state index in [1.807, 2.05) is 30.6 Å². The molecule has 0 heterocycles. The number of rotatable bonds is 4. The Morgan fingerprint density at radius 2 is 1.75 bits per heavy atom. The van der Waals surface area contributed by atoms with Crippen molar-refractivity contribution in [3.05, 3.63) is 24.3 Å². The highest BCUT2D eigenvalue weighted by Gasteiger charge is 2.08. The van der Waals surface area contributed by atoms with E-state index >= 15 is 0 Å². The lowest BCUT2D eigenvalue weighted by atomic mass is 10.2. The first-order chi connectivity index (χ1) is 7.54. The van der Waals surface area contributed by atoms with Gasteiger partial charge in [0.2, 0.25) is 0 Å². The van der Waals surface area contributed by atoms with E-state index in [4.69, 9.17) is 5.26 Å². The molecule has 1 atom stereocenters. The van der Waals surface area contributed by atoms with Crippen LogP contribution in [0.2, 0.25) is 0 Å². The maximum atomic E-state index is 8.84. The van der Waals surface area contributed by atoms with Crippen LogP contribution in [0.5, 0.6) is 0 Å². The largest absolute Gasteiger partial charge is 0.359 e. The second-order valence-corrected chi connectivity index (χ2v) is 5.73. The quantitative estimate of drug-likeness (QED) is 0.746. The van der Waals surface area contributed by atoms with E-state index < -0.39 is 0 Å². The third-order valence-corrected chi connectivity index (χ3v) is 3.40. The van der Waals surface area contributed by atoms with Crippen molar-refractivity contribution in [3.8, 4) is 6.07 Å². The Kier molecular flexibility index (Phi) is 4.70. The molecule has 0 aliphatic rings. The molecule has 0 spiro atoms. The Morgan fingerprint density at radius 1 is 1.19 bits per heavy atom. The Morgan fingerprint density at radius 3 is 2.19 bits per heavy atom. The van der Waals surface area contributed by atoms with Gasteiger partial charge in [0.25, 0.3) is 0 Å². The van der Waals surface area contributed by atoms with Gasteiger partial charge < -0.3 is 4.90 Å². The molecule has 86 valence electrons. The van der Waals surface area contributed by atoms with Crippen molar-refractivity contribution in [2.24, 2.45) is 0 Å². The molecule has 0 N–H and O–H groups in total. The van der Waals surface area contributed by atoms with Crippen molar-refractivity contribution in [1.82, 2.24) is 0 Å². The zero-order chi connectivity index (χ0) is 12.1. The summed E-state index contributed by atoms with van der Waals surface area (Å²) in [5.41, 5.74) is 1.09. The minimum absolute atomic E-state index is 0.0939. The predicted octanol–water partition coefficient (Wildman–Crippen LogP) is 3.54. The number of anilines is 1. The average Bonchev–Trinajstić information content (AvgIpc) is 2.27. The third-order valence-electron chi connectivity index (χ3n) is 2.38. The Balaban J connectivity index is 2.75. The van der Waals surface area contributed by atoms with Crippen LogP contribution < -0.4 is 4.90 Å². The zero-order valence-electron chi connectivity index (χ0n) is 10.3. The Hall–Kier alpha value is -1.14. The van der Waals surface area contributed by atoms with Crippen LogP contribution in [-0.4, -0.2) is 18.3 Å². The van der Waals surface area contributed by atoms with Crippen molar-refractivity contribution in [2.45, 2.75) is 37.0 Å². The van der Waals surface area contributed by atoms with Gasteiger partial charge in [-0.3, -0.25) is 0 Å². The van der Waals surface area contributed by atoms with Crippen LogP contribution in [0.15, 0.2) is 29.2 Å². The minimum atomic E-state index is -0.0939. The second kappa shape index (κ2) is 5.81. The lowest BCUT2D eigenvalue weighted by Gasteiger charge is -2.21. The number of benzene rings is 1. The highest BCUT2D eigenvalue weighted by molar-refractivity contribution is 7.99. The lowest BCUT2D eigenvalue weighted by Crippen LogP contribution is -2.26. The van der Waals surface area contributed by atoms with Crippen molar-refractivity contribution >= 4 is 17.4 Å². The topological polar surface area (TPSA) is 27.0 Å². The van der Waals surface area contributed by atoms with Crippen LogP contribution in [0.25, 0.3) is 0 Å². The van der Waals surface area contributed by atoms with Crippen LogP contribution in [0.4, 0.5) is 5.69 Å². The van der Waals surface area contributed by atoms with Crippen LogP contribution in [-0.2, 0) is 0 Å². The Bertz CT molecular complexity index is 365. The van der Waals surface area contributed by atoms with Gasteiger partial charge in [-0.1, -0.05) is 13.8 Å². The van der Waals surface area contributed by atoms with E-state index in [-0.39, 0.29) is 6.04 Å². The lowest BCUT2D eigenvalue weighted by molar-refractivity contribution is 0.835. The average molecular weight is 234 g/mol. The fraction of sp³-hybridized carbons (Fsp3) is 0.462. The van der Waals surface area contributed by atoms with Gasteiger partial charge in [0.05, 0.1) is 6.07 Å². The van der Waals surface area contributed by atoms with E-state index in [0.717, 1.165) is 5.69 Å². The maximum absolute atomic E-state index is 8.84. The minimum Gasteiger partial charge on any atom is -0.359 e. The molecule has 0 saturated carbocycles. The van der Waals surface area contributed by atoms with Crippen molar-refractivity contribution in [2.75, 3.05) is 11.9 Å². The van der Waals surface area contributed by atoms with Gasteiger partial charge in [0, 0.05) is 22.9 Å². The molecule has 0 saturated heterocycles. The standard InChI is InChI=1S/C13H18N2S/c1-10(2)16-13-7-5-12(6-8-13)15(4)11(3)9-14/h5-8,10-11H,1-4H3. The monoisotopic (exact) mass is 234 g/mol. The smallest absolute Gasteiger partial charge is 0.113 e. The summed E-state index contributed by atoms with van der Waals surface area (Å²) in [6, 6.07) is 10.5. The summed E-state index contributed by atoms with van der Waals surface area (Å²) < 4.78 is 0. The molecular weight excluding hydrogens is 216 g/mol. The molecule has 0 radical (unpaired) electrons. The first kappa shape index (κ1) is 12.9. The molecule has 2 nitrogen and oxygen atoms in total. The van der Waals surface area contributed by atoms with Crippen LogP contribution in [0, 0.1) is 11.3 Å². The van der Waals surface area contributed by atoms with E-state index in [2.05, 4.69) is 44.2 Å². The third kappa shape index (κ3) is 3.46. The summed E-state index contributed by atoms with van der Waals surface area (Å²) >= 11 is 1.85. The SMILES string of the molecule is CC(C)Sc1ccc(N(C)C(C)C#N)cc1. The molecule has 0 aliphatic heterocycles. The summed E-state index contributed by atoms with van der Waals surface area (Å²) in [6.45, 7) is 6.27. The van der Waals surface area contributed by atoms with Crippen LogP contribution in [0.3, 0.4) is 0 Å². The van der Waals surface area contributed by atoms with Gasteiger partial charge >= 0.3 is 0 Å². The highest BCUT2D eigenvalue weighted by atomic mass is 32.2. The number of nitrogens with zero attached hydrogens (tertiary/aromatic N) is 2. The molecule has 0 amide bonds. The summed E-state index contributed by atoms with van der Waals surface area (Å²) in [5.74, 6) is 0. The molecule has 1 unspecified atom stereocenters. The maximum Gasteiger partial charge on any atom is 0.113 e. The number of thioether (sulfide) groups is 1. The van der Waals surface area contributed by atoms with Crippen LogP contribution in [0.1, 0.15) is 20.8 Å². The van der Waals surface area contributed by atoms with Crippen molar-refractivity contribution in [1.29, 1.82) is 5.26 Å². The van der Waals surface area contributed by atoms with E-state index in [1.54, 1.807) is 0 Å². The van der Waals surface area contributed by atoms with Gasteiger partial charge in [0.15, 0.2) is 0 Å². The fourth-order valence-electron chi connectivity index (χ4n) is 1.34. The Labute approximate surface area is 102 Å². The van der Waals surface area contributed by atoms with Crippen molar-refractivity contribution < 1.29 is 0 Å². The predicted molar refractivity (Wildman–Crippen MR) is 70.9 cm³/mol. The molecule has 0 aromatic heterocycles. The molecule has 16 heavy (non-hydrogen) atoms. The van der Waals surface area contributed by atoms with Gasteiger partial charge in [-0.15, -0.1) is 11.8 Å². The van der Waals surface area contributed by atoms with Gasteiger partial charge in [-0.05, 0) is 31.2 Å². The van der Waals surface area contributed by atoms with Gasteiger partial charge in [0.1, 0.15) is 6.04 Å². The normalized spacial score (nSPS) is 12.2. The molecule has 0 bridgehead atoms. The highest BCUT2D eigenvalue weighted by Crippen LogP contribution is 2.25. The molecule has 1 aromatic carbocycles. The zero-order valence-corrected chi connectivity index (χ0v) is 11.1. The molecule has 3 heteroatoms. The molecule has 1 rings (SSSR count). The fourth-order valence-corrected chi connectivity index (χ4v) is 2.18. The molecule has 0 aliphatic carbocycles. The summed E-state index contributed by atoms with van der Waals surface area (Å²) in [7, 11) is 1.94. The molecular formula is C13H18N2S. The summed E-state index contributed by atoms with van der Waals surface area (Å²) in [4.78, 5) is 3.25. The van der Waals surface area contributed by atoms with E-state index in [0.29, 0.717) is 5.25 Å². The van der Waals surface area contributed by atoms with E-state index in [9.17, 15) is 0 Å². The molecule has 0 fully saturated rings. The van der Waals surface area contributed by atoms with Gasteiger partial charge in [-0.25, -0.2) is 0 Å². The summed E-state index contributed by atoms with van der Waals surface area (Å²) in [5, 5.41) is 9.44. The number of hydrogen-bond donors (Lipinski definition) is 0. The van der Waals surface area contributed by atoms with Gasteiger partial charge in [-0.2, -0.15) is 5.26 Å². The number of hydrogen-bond acceptors (Lipinski definition) is 3.